The van der Waals surface area contributed by atoms with Crippen LogP contribution in [0.2, 0.25) is 0 Å². The van der Waals surface area contributed by atoms with E-state index in [1.807, 2.05) is 48.7 Å². The molecular weight excluding hydrogens is 348 g/mol. The highest BCUT2D eigenvalue weighted by Gasteiger charge is 2.32. The minimum atomic E-state index is -3.50. The van der Waals surface area contributed by atoms with E-state index in [0.29, 0.717) is 18.0 Å². The van der Waals surface area contributed by atoms with Crippen molar-refractivity contribution in [2.75, 3.05) is 13.1 Å². The van der Waals surface area contributed by atoms with Crippen molar-refractivity contribution in [2.24, 2.45) is 0 Å². The van der Waals surface area contributed by atoms with Crippen LogP contribution < -0.4 is 0 Å². The van der Waals surface area contributed by atoms with Crippen LogP contribution in [0.1, 0.15) is 35.7 Å². The minimum Gasteiger partial charge on any atom is -0.286 e. The van der Waals surface area contributed by atoms with Crippen LogP contribution in [0.25, 0.3) is 5.65 Å². The van der Waals surface area contributed by atoms with Crippen LogP contribution in [-0.4, -0.2) is 40.4 Å². The van der Waals surface area contributed by atoms with Crippen LogP contribution in [-0.2, 0) is 10.0 Å². The Morgan fingerprint density at radius 3 is 2.73 bits per heavy atom. The third-order valence-electron chi connectivity index (χ3n) is 5.21. The normalized spacial score (nSPS) is 19.1. The highest BCUT2D eigenvalue weighted by atomic mass is 32.2. The molecule has 0 unspecified atom stereocenters. The molecule has 0 N–H and O–H groups in total. The third-order valence-corrected chi connectivity index (χ3v) is 7.07. The fourth-order valence-corrected chi connectivity index (χ4v) is 5.14. The predicted molar refractivity (Wildman–Crippen MR) is 99.6 cm³/mol. The van der Waals surface area contributed by atoms with Gasteiger partial charge in [0.15, 0.2) is 5.65 Å². The second-order valence-electron chi connectivity index (χ2n) is 6.94. The first-order chi connectivity index (χ1) is 12.5. The maximum Gasteiger partial charge on any atom is 0.243 e. The number of aryl methyl sites for hydroxylation is 2. The lowest BCUT2D eigenvalue weighted by molar-refractivity contribution is 0.308. The molecule has 0 aliphatic carbocycles. The predicted octanol–water partition coefficient (Wildman–Crippen LogP) is 2.91. The summed E-state index contributed by atoms with van der Waals surface area (Å²) in [6.07, 6.45) is 3.66. The van der Waals surface area contributed by atoms with Crippen LogP contribution in [0.5, 0.6) is 0 Å². The maximum atomic E-state index is 13.1. The molecule has 0 bridgehead atoms. The average Bonchev–Trinajstić information content (AvgIpc) is 3.08. The van der Waals surface area contributed by atoms with Crippen molar-refractivity contribution in [3.63, 3.8) is 0 Å². The van der Waals surface area contributed by atoms with Gasteiger partial charge in [-0.3, -0.25) is 4.40 Å². The molecule has 7 heteroatoms. The second-order valence-corrected chi connectivity index (χ2v) is 8.87. The molecule has 1 saturated heterocycles. The molecule has 1 aromatic carbocycles. The molecule has 1 aliphatic rings. The largest absolute Gasteiger partial charge is 0.286 e. The summed E-state index contributed by atoms with van der Waals surface area (Å²) in [5.41, 5.74) is 2.87. The molecule has 3 heterocycles. The quantitative estimate of drug-likeness (QED) is 0.711. The number of nitrogens with zero attached hydrogens (tertiary/aromatic N) is 4. The van der Waals surface area contributed by atoms with Crippen molar-refractivity contribution in [1.29, 1.82) is 0 Å². The number of sulfonamides is 1. The summed E-state index contributed by atoms with van der Waals surface area (Å²) in [6.45, 7) is 4.90. The van der Waals surface area contributed by atoms with Crippen molar-refractivity contribution < 1.29 is 8.42 Å². The molecule has 1 aliphatic heterocycles. The van der Waals surface area contributed by atoms with Gasteiger partial charge in [0.2, 0.25) is 10.0 Å². The van der Waals surface area contributed by atoms with Crippen molar-refractivity contribution in [2.45, 2.75) is 37.5 Å². The zero-order chi connectivity index (χ0) is 18.3. The Labute approximate surface area is 153 Å². The molecule has 4 rings (SSSR count). The zero-order valence-electron chi connectivity index (χ0n) is 15.0. The Balaban J connectivity index is 1.65. The van der Waals surface area contributed by atoms with E-state index >= 15 is 0 Å². The summed E-state index contributed by atoms with van der Waals surface area (Å²) >= 11 is 0. The van der Waals surface area contributed by atoms with Gasteiger partial charge >= 0.3 is 0 Å². The van der Waals surface area contributed by atoms with Gasteiger partial charge in [0.25, 0.3) is 0 Å². The first-order valence-electron chi connectivity index (χ1n) is 8.84. The molecule has 6 nitrogen and oxygen atoms in total. The molecule has 0 spiro atoms. The molecule has 3 aromatic rings. The number of benzene rings is 1. The van der Waals surface area contributed by atoms with E-state index in [2.05, 4.69) is 10.2 Å². The fraction of sp³-hybridized carbons (Fsp3) is 0.368. The van der Waals surface area contributed by atoms with Crippen LogP contribution in [0.3, 0.4) is 0 Å². The lowest BCUT2D eigenvalue weighted by atomic mass is 9.99. The van der Waals surface area contributed by atoms with Crippen LogP contribution >= 0.6 is 0 Å². The topological polar surface area (TPSA) is 67.6 Å². The zero-order valence-corrected chi connectivity index (χ0v) is 15.8. The van der Waals surface area contributed by atoms with Gasteiger partial charge in [-0.1, -0.05) is 12.1 Å². The van der Waals surface area contributed by atoms with E-state index < -0.39 is 10.0 Å². The van der Waals surface area contributed by atoms with Crippen molar-refractivity contribution in [3.05, 3.63) is 59.5 Å². The van der Waals surface area contributed by atoms with Crippen molar-refractivity contribution >= 4 is 15.7 Å². The summed E-state index contributed by atoms with van der Waals surface area (Å²) in [4.78, 5) is 0.368. The first kappa shape index (κ1) is 17.2. The molecular formula is C19H22N4O2S. The van der Waals surface area contributed by atoms with E-state index in [4.69, 9.17) is 0 Å². The van der Waals surface area contributed by atoms with Gasteiger partial charge in [-0.05, 0) is 62.1 Å². The Kier molecular flexibility index (Phi) is 4.28. The molecule has 2 aromatic heterocycles. The minimum absolute atomic E-state index is 0.0440. The van der Waals surface area contributed by atoms with E-state index in [1.165, 1.54) is 0 Å². The average molecular weight is 370 g/mol. The van der Waals surface area contributed by atoms with E-state index in [0.717, 1.165) is 35.4 Å². The molecule has 1 atom stereocenters. The Hall–Kier alpha value is -2.25. The lowest BCUT2D eigenvalue weighted by Crippen LogP contribution is -2.39. The number of pyridine rings is 1. The number of hydrogen-bond acceptors (Lipinski definition) is 4. The van der Waals surface area contributed by atoms with Gasteiger partial charge in [0.05, 0.1) is 4.90 Å². The van der Waals surface area contributed by atoms with E-state index in [9.17, 15) is 8.42 Å². The highest BCUT2D eigenvalue weighted by molar-refractivity contribution is 7.89. The highest BCUT2D eigenvalue weighted by Crippen LogP contribution is 2.30. The van der Waals surface area contributed by atoms with Gasteiger partial charge in [-0.15, -0.1) is 10.2 Å². The number of fused-ring (bicyclic) bond motifs is 1. The van der Waals surface area contributed by atoms with Crippen LogP contribution in [0, 0.1) is 13.8 Å². The number of rotatable bonds is 3. The van der Waals surface area contributed by atoms with E-state index in [1.54, 1.807) is 16.4 Å². The van der Waals surface area contributed by atoms with Gasteiger partial charge in [-0.2, -0.15) is 4.31 Å². The molecule has 0 amide bonds. The summed E-state index contributed by atoms with van der Waals surface area (Å²) in [7, 11) is -3.50. The van der Waals surface area contributed by atoms with Crippen molar-refractivity contribution in [1.82, 2.24) is 18.9 Å². The molecule has 0 saturated carbocycles. The van der Waals surface area contributed by atoms with Gasteiger partial charge in [0, 0.05) is 25.2 Å². The second kappa shape index (κ2) is 6.48. The van der Waals surface area contributed by atoms with Crippen molar-refractivity contribution in [3.8, 4) is 0 Å². The number of hydrogen-bond donors (Lipinski definition) is 0. The summed E-state index contributed by atoms with van der Waals surface area (Å²) in [5, 5.41) is 8.53. The SMILES string of the molecule is Cc1ccc(S(=O)(=O)N2CCC[C@@H](c3nnc4ccccn34)C2)cc1C. The number of piperidine rings is 1. The Bertz CT molecular complexity index is 1060. The first-order valence-corrected chi connectivity index (χ1v) is 10.3. The monoisotopic (exact) mass is 370 g/mol. The molecule has 1 fully saturated rings. The summed E-state index contributed by atoms with van der Waals surface area (Å²) in [6, 6.07) is 11.1. The third kappa shape index (κ3) is 2.91. The van der Waals surface area contributed by atoms with Crippen LogP contribution in [0.15, 0.2) is 47.5 Å². The van der Waals surface area contributed by atoms with Gasteiger partial charge in [-0.25, -0.2) is 8.42 Å². The smallest absolute Gasteiger partial charge is 0.243 e. The van der Waals surface area contributed by atoms with Gasteiger partial charge < -0.3 is 0 Å². The molecule has 26 heavy (non-hydrogen) atoms. The Morgan fingerprint density at radius 2 is 1.92 bits per heavy atom. The fourth-order valence-electron chi connectivity index (χ4n) is 3.53. The Morgan fingerprint density at radius 1 is 1.08 bits per heavy atom. The number of aromatic nitrogens is 3. The molecule has 136 valence electrons. The van der Waals surface area contributed by atoms with Crippen LogP contribution in [0.4, 0.5) is 0 Å². The molecule has 0 radical (unpaired) electrons. The maximum absolute atomic E-state index is 13.1. The van der Waals surface area contributed by atoms with Gasteiger partial charge in [0.1, 0.15) is 5.82 Å². The summed E-state index contributed by atoms with van der Waals surface area (Å²) in [5.74, 6) is 0.878. The summed E-state index contributed by atoms with van der Waals surface area (Å²) < 4.78 is 29.8. The van der Waals surface area contributed by atoms with E-state index in [-0.39, 0.29) is 5.92 Å². The lowest BCUT2D eigenvalue weighted by Gasteiger charge is -2.31. The standard InChI is InChI=1S/C19H22N4O2S/c1-14-8-9-17(12-15(14)2)26(24,25)22-10-5-6-16(13-22)19-21-20-18-7-3-4-11-23(18)19/h3-4,7-9,11-12,16H,5-6,10,13H2,1-2H3/t16-/m1/s1.